The van der Waals surface area contributed by atoms with E-state index in [4.69, 9.17) is 27.9 Å². The molecular formula is C9H13Cl2N3O. The zero-order valence-electron chi connectivity index (χ0n) is 8.84. The van der Waals surface area contributed by atoms with E-state index in [2.05, 4.69) is 15.5 Å². The van der Waals surface area contributed by atoms with Crippen LogP contribution in [0.25, 0.3) is 0 Å². The highest BCUT2D eigenvalue weighted by molar-refractivity contribution is 6.33. The molecule has 1 heterocycles. The van der Waals surface area contributed by atoms with Crippen LogP contribution < -0.4 is 5.32 Å². The molecule has 0 aliphatic heterocycles. The molecular weight excluding hydrogens is 237 g/mol. The summed E-state index contributed by atoms with van der Waals surface area (Å²) in [7, 11) is 1.65. The lowest BCUT2D eigenvalue weighted by molar-refractivity contribution is 0.0344. The number of hydrogen-bond acceptors (Lipinski definition) is 4. The maximum Gasteiger partial charge on any atom is 0.174 e. The van der Waals surface area contributed by atoms with Gasteiger partial charge >= 0.3 is 0 Å². The van der Waals surface area contributed by atoms with Crippen molar-refractivity contribution in [2.75, 3.05) is 19.0 Å². The molecule has 0 fully saturated rings. The van der Waals surface area contributed by atoms with Gasteiger partial charge in [-0.05, 0) is 13.8 Å². The first-order valence-electron chi connectivity index (χ1n) is 4.42. The Bertz CT molecular complexity index is 344. The fourth-order valence-corrected chi connectivity index (χ4v) is 1.16. The van der Waals surface area contributed by atoms with Crippen molar-refractivity contribution in [2.45, 2.75) is 19.4 Å². The second kappa shape index (κ2) is 4.96. The summed E-state index contributed by atoms with van der Waals surface area (Å²) in [6.45, 7) is 4.53. The van der Waals surface area contributed by atoms with Crippen molar-refractivity contribution in [2.24, 2.45) is 0 Å². The van der Waals surface area contributed by atoms with Gasteiger partial charge < -0.3 is 10.1 Å². The third kappa shape index (κ3) is 3.81. The second-order valence-corrected chi connectivity index (χ2v) is 4.43. The summed E-state index contributed by atoms with van der Waals surface area (Å²) < 4.78 is 5.25. The third-order valence-electron chi connectivity index (χ3n) is 1.98. The van der Waals surface area contributed by atoms with Crippen molar-refractivity contribution >= 4 is 28.9 Å². The lowest BCUT2D eigenvalue weighted by atomic mass is 10.1. The van der Waals surface area contributed by atoms with Crippen LogP contribution in [-0.4, -0.2) is 29.5 Å². The molecule has 0 bridgehead atoms. The molecule has 1 rings (SSSR count). The Morgan fingerprint density at radius 3 is 2.67 bits per heavy atom. The van der Waals surface area contributed by atoms with Gasteiger partial charge in [-0.25, -0.2) is 0 Å². The van der Waals surface area contributed by atoms with Crippen molar-refractivity contribution in [3.05, 3.63) is 16.4 Å². The molecule has 6 heteroatoms. The van der Waals surface area contributed by atoms with E-state index in [1.807, 2.05) is 13.8 Å². The molecule has 0 amide bonds. The van der Waals surface area contributed by atoms with E-state index in [1.54, 1.807) is 13.2 Å². The first-order valence-corrected chi connectivity index (χ1v) is 5.18. The van der Waals surface area contributed by atoms with Crippen LogP contribution in [0.15, 0.2) is 6.07 Å². The summed E-state index contributed by atoms with van der Waals surface area (Å²) in [6.07, 6.45) is 0. The molecule has 0 aliphatic carbocycles. The molecule has 1 aromatic rings. The first kappa shape index (κ1) is 12.5. The minimum absolute atomic E-state index is 0.279. The quantitative estimate of drug-likeness (QED) is 0.892. The van der Waals surface area contributed by atoms with Gasteiger partial charge in [0.05, 0.1) is 11.3 Å². The molecule has 0 atom stereocenters. The molecule has 4 nitrogen and oxygen atoms in total. The lowest BCUT2D eigenvalue weighted by Gasteiger charge is -2.23. The molecule has 1 N–H and O–H groups in total. The number of hydrogen-bond donors (Lipinski definition) is 1. The van der Waals surface area contributed by atoms with E-state index in [0.717, 1.165) is 0 Å². The maximum absolute atomic E-state index is 5.83. The van der Waals surface area contributed by atoms with Crippen LogP contribution in [0.1, 0.15) is 13.8 Å². The van der Waals surface area contributed by atoms with E-state index in [9.17, 15) is 0 Å². The van der Waals surface area contributed by atoms with Gasteiger partial charge in [0.2, 0.25) is 0 Å². The molecule has 0 unspecified atom stereocenters. The van der Waals surface area contributed by atoms with Crippen molar-refractivity contribution in [1.82, 2.24) is 10.2 Å². The third-order valence-corrected chi connectivity index (χ3v) is 2.44. The van der Waals surface area contributed by atoms with Crippen molar-refractivity contribution < 1.29 is 4.74 Å². The SMILES string of the molecule is COC(C)(C)CNc1cc(Cl)nnc1Cl. The van der Waals surface area contributed by atoms with E-state index >= 15 is 0 Å². The highest BCUT2D eigenvalue weighted by atomic mass is 35.5. The molecule has 0 saturated carbocycles. The molecule has 15 heavy (non-hydrogen) atoms. The zero-order valence-corrected chi connectivity index (χ0v) is 10.4. The smallest absolute Gasteiger partial charge is 0.174 e. The second-order valence-electron chi connectivity index (χ2n) is 3.69. The molecule has 84 valence electrons. The largest absolute Gasteiger partial charge is 0.380 e. The van der Waals surface area contributed by atoms with Gasteiger partial charge in [0.15, 0.2) is 10.3 Å². The van der Waals surface area contributed by atoms with Crippen LogP contribution in [0.2, 0.25) is 10.3 Å². The van der Waals surface area contributed by atoms with Crippen LogP contribution in [0, 0.1) is 0 Å². The minimum Gasteiger partial charge on any atom is -0.380 e. The highest BCUT2D eigenvalue weighted by Gasteiger charge is 2.16. The van der Waals surface area contributed by atoms with Gasteiger partial charge in [0, 0.05) is 19.7 Å². The average molecular weight is 250 g/mol. The van der Waals surface area contributed by atoms with E-state index in [0.29, 0.717) is 22.5 Å². The summed E-state index contributed by atoms with van der Waals surface area (Å²) in [5, 5.41) is 11.0. The number of methoxy groups -OCH3 is 1. The first-order chi connectivity index (χ1) is 6.94. The number of anilines is 1. The van der Waals surface area contributed by atoms with Crippen LogP contribution in [0.5, 0.6) is 0 Å². The van der Waals surface area contributed by atoms with Crippen molar-refractivity contribution in [1.29, 1.82) is 0 Å². The molecule has 0 aromatic carbocycles. The van der Waals surface area contributed by atoms with Gasteiger partial charge in [0.25, 0.3) is 0 Å². The molecule has 1 aromatic heterocycles. The number of nitrogens with one attached hydrogen (secondary N) is 1. The molecule has 0 radical (unpaired) electrons. The number of rotatable bonds is 4. The van der Waals surface area contributed by atoms with Crippen LogP contribution in [-0.2, 0) is 4.74 Å². The fraction of sp³-hybridized carbons (Fsp3) is 0.556. The van der Waals surface area contributed by atoms with Gasteiger partial charge in [-0.3, -0.25) is 0 Å². The maximum atomic E-state index is 5.83. The Labute approximate surface area is 98.9 Å². The van der Waals surface area contributed by atoms with Gasteiger partial charge in [0.1, 0.15) is 0 Å². The summed E-state index contributed by atoms with van der Waals surface area (Å²) in [5.74, 6) is 0. The van der Waals surface area contributed by atoms with E-state index in [1.165, 1.54) is 0 Å². The molecule has 0 spiro atoms. The van der Waals surface area contributed by atoms with E-state index < -0.39 is 0 Å². The Hall–Kier alpha value is -0.580. The van der Waals surface area contributed by atoms with Crippen molar-refractivity contribution in [3.8, 4) is 0 Å². The van der Waals surface area contributed by atoms with E-state index in [-0.39, 0.29) is 5.60 Å². The van der Waals surface area contributed by atoms with Crippen LogP contribution >= 0.6 is 23.2 Å². The standard InChI is InChI=1S/C9H13Cl2N3O/c1-9(2,15-3)5-12-6-4-7(10)13-14-8(6)11/h4H,5H2,1-3H3,(H,12,13). The Balaban J connectivity index is 2.69. The summed E-state index contributed by atoms with van der Waals surface area (Å²) >= 11 is 11.5. The average Bonchev–Trinajstić information content (AvgIpc) is 2.20. The summed E-state index contributed by atoms with van der Waals surface area (Å²) in [6, 6.07) is 1.63. The molecule has 0 aliphatic rings. The monoisotopic (exact) mass is 249 g/mol. The lowest BCUT2D eigenvalue weighted by Crippen LogP contribution is -2.32. The normalized spacial score (nSPS) is 11.5. The predicted molar refractivity (Wildman–Crippen MR) is 61.6 cm³/mol. The topological polar surface area (TPSA) is 47.0 Å². The minimum atomic E-state index is -0.279. The zero-order chi connectivity index (χ0) is 11.5. The van der Waals surface area contributed by atoms with Crippen LogP contribution in [0.3, 0.4) is 0 Å². The van der Waals surface area contributed by atoms with Gasteiger partial charge in [-0.15, -0.1) is 10.2 Å². The Morgan fingerprint density at radius 1 is 1.40 bits per heavy atom. The fourth-order valence-electron chi connectivity index (χ4n) is 0.857. The van der Waals surface area contributed by atoms with Gasteiger partial charge in [-0.2, -0.15) is 0 Å². The number of halogens is 2. The summed E-state index contributed by atoms with van der Waals surface area (Å²) in [5.41, 5.74) is 0.376. The number of ether oxygens (including phenoxy) is 1. The molecule has 0 saturated heterocycles. The van der Waals surface area contributed by atoms with Crippen molar-refractivity contribution in [3.63, 3.8) is 0 Å². The summed E-state index contributed by atoms with van der Waals surface area (Å²) in [4.78, 5) is 0. The number of aromatic nitrogens is 2. The predicted octanol–water partition coefficient (Wildman–Crippen LogP) is 2.62. The van der Waals surface area contributed by atoms with Crippen LogP contribution in [0.4, 0.5) is 5.69 Å². The Kier molecular flexibility index (Phi) is 4.13. The Morgan fingerprint density at radius 2 is 2.07 bits per heavy atom. The highest BCUT2D eigenvalue weighted by Crippen LogP contribution is 2.21. The number of nitrogens with zero attached hydrogens (tertiary/aromatic N) is 2. The van der Waals surface area contributed by atoms with Gasteiger partial charge in [-0.1, -0.05) is 23.2 Å².